The second kappa shape index (κ2) is 5.06. The Morgan fingerprint density at radius 2 is 1.94 bits per heavy atom. The van der Waals surface area contributed by atoms with Crippen LogP contribution in [-0.4, -0.2) is 5.91 Å². The molecule has 0 aliphatic carbocycles. The van der Waals surface area contributed by atoms with Gasteiger partial charge < -0.3 is 9.73 Å². The number of alkyl halides is 1. The van der Waals surface area contributed by atoms with Crippen molar-refractivity contribution in [2.24, 2.45) is 0 Å². The Kier molecular flexibility index (Phi) is 3.49. The van der Waals surface area contributed by atoms with E-state index >= 15 is 0 Å². The molecule has 0 unspecified atom stereocenters. The minimum absolute atomic E-state index is 0.253. The van der Waals surface area contributed by atoms with Gasteiger partial charge in [0.05, 0.1) is 0 Å². The number of rotatable bonds is 3. The predicted octanol–water partition coefficient (Wildman–Crippen LogP) is 3.58. The van der Waals surface area contributed by atoms with E-state index in [1.165, 1.54) is 0 Å². The monoisotopic (exact) mass is 249 g/mol. The van der Waals surface area contributed by atoms with Crippen molar-refractivity contribution < 1.29 is 9.21 Å². The molecule has 0 saturated carbocycles. The summed E-state index contributed by atoms with van der Waals surface area (Å²) < 4.78 is 5.23. The van der Waals surface area contributed by atoms with Crippen molar-refractivity contribution in [2.45, 2.75) is 12.8 Å². The van der Waals surface area contributed by atoms with Crippen LogP contribution in [0.15, 0.2) is 40.8 Å². The largest absolute Gasteiger partial charge is 0.456 e. The van der Waals surface area contributed by atoms with Crippen molar-refractivity contribution in [1.29, 1.82) is 0 Å². The van der Waals surface area contributed by atoms with Crippen LogP contribution in [-0.2, 0) is 5.88 Å². The molecule has 1 N–H and O–H groups in total. The summed E-state index contributed by atoms with van der Waals surface area (Å²) in [6.45, 7) is 1.80. The minimum atomic E-state index is -0.253. The summed E-state index contributed by atoms with van der Waals surface area (Å²) in [5.74, 6) is 1.24. The molecule has 0 saturated heterocycles. The highest BCUT2D eigenvalue weighted by atomic mass is 35.5. The number of nitrogens with one attached hydrogen (secondary N) is 1. The SMILES string of the molecule is Cc1ccc(C(=O)Nc2ccc(CCl)cc2)o1. The Balaban J connectivity index is 2.07. The third-order valence-electron chi connectivity index (χ3n) is 2.33. The first-order valence-corrected chi connectivity index (χ1v) is 5.75. The van der Waals surface area contributed by atoms with Crippen molar-refractivity contribution in [3.8, 4) is 0 Å². The van der Waals surface area contributed by atoms with Gasteiger partial charge in [0.1, 0.15) is 5.76 Å². The molecule has 1 aromatic carbocycles. The van der Waals surface area contributed by atoms with Crippen LogP contribution in [0.1, 0.15) is 21.9 Å². The Bertz CT molecular complexity index is 516. The van der Waals surface area contributed by atoms with Crippen molar-refractivity contribution in [1.82, 2.24) is 0 Å². The van der Waals surface area contributed by atoms with Crippen LogP contribution in [0.3, 0.4) is 0 Å². The number of carbonyl (C=O) groups is 1. The molecule has 2 rings (SSSR count). The molecule has 0 radical (unpaired) electrons. The molecule has 1 heterocycles. The number of hydrogen-bond acceptors (Lipinski definition) is 2. The van der Waals surface area contributed by atoms with E-state index in [1.807, 2.05) is 24.3 Å². The number of anilines is 1. The lowest BCUT2D eigenvalue weighted by molar-refractivity contribution is 0.0995. The normalized spacial score (nSPS) is 10.2. The molecule has 0 bridgehead atoms. The molecule has 0 fully saturated rings. The summed E-state index contributed by atoms with van der Waals surface area (Å²) in [6, 6.07) is 10.8. The second-order valence-corrected chi connectivity index (χ2v) is 3.96. The van der Waals surface area contributed by atoms with Gasteiger partial charge in [-0.2, -0.15) is 0 Å². The zero-order valence-corrected chi connectivity index (χ0v) is 10.1. The highest BCUT2D eigenvalue weighted by Crippen LogP contribution is 2.13. The highest BCUT2D eigenvalue weighted by molar-refractivity contribution is 6.17. The third-order valence-corrected chi connectivity index (χ3v) is 2.64. The lowest BCUT2D eigenvalue weighted by Gasteiger charge is -2.03. The number of halogens is 1. The van der Waals surface area contributed by atoms with Crippen LogP contribution < -0.4 is 5.32 Å². The smallest absolute Gasteiger partial charge is 0.291 e. The summed E-state index contributed by atoms with van der Waals surface area (Å²) >= 11 is 5.68. The molecule has 0 aliphatic heterocycles. The zero-order valence-electron chi connectivity index (χ0n) is 9.37. The van der Waals surface area contributed by atoms with Crippen molar-refractivity contribution >= 4 is 23.2 Å². The summed E-state index contributed by atoms with van der Waals surface area (Å²) in [5.41, 5.74) is 1.73. The molecule has 0 atom stereocenters. The molecular formula is C13H12ClNO2. The maximum absolute atomic E-state index is 11.8. The fourth-order valence-electron chi connectivity index (χ4n) is 1.43. The number of benzene rings is 1. The van der Waals surface area contributed by atoms with Gasteiger partial charge in [0.25, 0.3) is 5.91 Å². The van der Waals surface area contributed by atoms with Gasteiger partial charge in [-0.15, -0.1) is 11.6 Å². The quantitative estimate of drug-likeness (QED) is 0.845. The molecular weight excluding hydrogens is 238 g/mol. The van der Waals surface area contributed by atoms with Crippen molar-refractivity contribution in [2.75, 3.05) is 5.32 Å². The van der Waals surface area contributed by atoms with E-state index in [0.29, 0.717) is 17.4 Å². The second-order valence-electron chi connectivity index (χ2n) is 3.69. The van der Waals surface area contributed by atoms with Gasteiger partial charge in [-0.3, -0.25) is 4.79 Å². The lowest BCUT2D eigenvalue weighted by atomic mass is 10.2. The maximum Gasteiger partial charge on any atom is 0.291 e. The fraction of sp³-hybridized carbons (Fsp3) is 0.154. The maximum atomic E-state index is 11.8. The van der Waals surface area contributed by atoms with Crippen LogP contribution in [0.2, 0.25) is 0 Å². The Morgan fingerprint density at radius 1 is 1.24 bits per heavy atom. The van der Waals surface area contributed by atoms with Crippen LogP contribution in [0.5, 0.6) is 0 Å². The van der Waals surface area contributed by atoms with E-state index in [4.69, 9.17) is 16.0 Å². The molecule has 1 amide bonds. The Labute approximate surface area is 104 Å². The molecule has 2 aromatic rings. The number of aryl methyl sites for hydroxylation is 1. The van der Waals surface area contributed by atoms with E-state index in [0.717, 1.165) is 11.3 Å². The molecule has 0 aliphatic rings. The van der Waals surface area contributed by atoms with Crippen LogP contribution in [0.4, 0.5) is 5.69 Å². The van der Waals surface area contributed by atoms with Crippen LogP contribution >= 0.6 is 11.6 Å². The van der Waals surface area contributed by atoms with E-state index in [2.05, 4.69) is 5.32 Å². The van der Waals surface area contributed by atoms with Gasteiger partial charge >= 0.3 is 0 Å². The van der Waals surface area contributed by atoms with E-state index in [1.54, 1.807) is 19.1 Å². The number of amides is 1. The van der Waals surface area contributed by atoms with Gasteiger partial charge in [-0.25, -0.2) is 0 Å². The summed E-state index contributed by atoms with van der Waals surface area (Å²) in [4.78, 5) is 11.8. The lowest BCUT2D eigenvalue weighted by Crippen LogP contribution is -2.10. The van der Waals surface area contributed by atoms with Crippen molar-refractivity contribution in [3.63, 3.8) is 0 Å². The van der Waals surface area contributed by atoms with Gasteiger partial charge in [-0.05, 0) is 36.8 Å². The number of hydrogen-bond donors (Lipinski definition) is 1. The summed E-state index contributed by atoms with van der Waals surface area (Å²) in [6.07, 6.45) is 0. The Hall–Kier alpha value is -1.74. The molecule has 3 nitrogen and oxygen atoms in total. The Morgan fingerprint density at radius 3 is 2.47 bits per heavy atom. The first-order valence-electron chi connectivity index (χ1n) is 5.22. The third kappa shape index (κ3) is 2.88. The summed E-state index contributed by atoms with van der Waals surface area (Å²) in [5, 5.41) is 2.75. The highest BCUT2D eigenvalue weighted by Gasteiger charge is 2.09. The van der Waals surface area contributed by atoms with Gasteiger partial charge in [0, 0.05) is 11.6 Å². The van der Waals surface area contributed by atoms with Gasteiger partial charge in [0.15, 0.2) is 5.76 Å². The first-order chi connectivity index (χ1) is 8.19. The van der Waals surface area contributed by atoms with Crippen LogP contribution in [0.25, 0.3) is 0 Å². The first kappa shape index (κ1) is 11.7. The minimum Gasteiger partial charge on any atom is -0.456 e. The number of carbonyl (C=O) groups excluding carboxylic acids is 1. The fourth-order valence-corrected chi connectivity index (χ4v) is 1.60. The summed E-state index contributed by atoms with van der Waals surface area (Å²) in [7, 11) is 0. The average molecular weight is 250 g/mol. The van der Waals surface area contributed by atoms with Gasteiger partial charge in [-0.1, -0.05) is 12.1 Å². The molecule has 17 heavy (non-hydrogen) atoms. The van der Waals surface area contributed by atoms with Crippen LogP contribution in [0, 0.1) is 6.92 Å². The predicted molar refractivity (Wildman–Crippen MR) is 67.4 cm³/mol. The topological polar surface area (TPSA) is 42.2 Å². The molecule has 88 valence electrons. The number of furan rings is 1. The standard InChI is InChI=1S/C13H12ClNO2/c1-9-2-7-12(17-9)13(16)15-11-5-3-10(8-14)4-6-11/h2-7H,8H2,1H3,(H,15,16). The molecule has 0 spiro atoms. The molecule has 4 heteroatoms. The zero-order chi connectivity index (χ0) is 12.3. The average Bonchev–Trinajstić information content (AvgIpc) is 2.77. The van der Waals surface area contributed by atoms with E-state index < -0.39 is 0 Å². The van der Waals surface area contributed by atoms with Gasteiger partial charge in [0.2, 0.25) is 0 Å². The van der Waals surface area contributed by atoms with E-state index in [9.17, 15) is 4.79 Å². The van der Waals surface area contributed by atoms with Crippen molar-refractivity contribution in [3.05, 3.63) is 53.5 Å². The van der Waals surface area contributed by atoms with E-state index in [-0.39, 0.29) is 5.91 Å². The molecule has 1 aromatic heterocycles.